The first-order chi connectivity index (χ1) is 8.09. The summed E-state index contributed by atoms with van der Waals surface area (Å²) in [6, 6.07) is 0. The topological polar surface area (TPSA) is 66.0 Å². The Bertz CT molecular complexity index is 406. The number of carboxylic acids is 1. The minimum Gasteiger partial charge on any atom is -0.481 e. The lowest BCUT2D eigenvalue weighted by Crippen LogP contribution is -2.10. The lowest BCUT2D eigenvalue weighted by Gasteiger charge is -2.20. The molecule has 1 atom stereocenters. The molecule has 0 bridgehead atoms. The van der Waals surface area contributed by atoms with Gasteiger partial charge in [0.1, 0.15) is 11.7 Å². The zero-order valence-corrected chi connectivity index (χ0v) is 10.5. The third-order valence-corrected chi connectivity index (χ3v) is 3.71. The van der Waals surface area contributed by atoms with Gasteiger partial charge in [-0.1, -0.05) is 19.3 Å². The minimum absolute atomic E-state index is 0.523. The molecule has 4 nitrogen and oxygen atoms in total. The smallest absolute Gasteiger partial charge is 0.313 e. The average Bonchev–Trinajstić information content (AvgIpc) is 2.71. The molecule has 1 heterocycles. The molecule has 2 rings (SSSR count). The van der Waals surface area contributed by atoms with Gasteiger partial charge in [-0.2, -0.15) is 0 Å². The quantitative estimate of drug-likeness (QED) is 0.848. The predicted molar refractivity (Wildman–Crippen MR) is 65.2 cm³/mol. The first-order valence-electron chi connectivity index (χ1n) is 6.38. The number of hydrogen-bond donors (Lipinski definition) is 2. The summed E-state index contributed by atoms with van der Waals surface area (Å²) in [5.74, 6) is -0.259. The van der Waals surface area contributed by atoms with Crippen molar-refractivity contribution in [3.8, 4) is 0 Å². The second-order valence-corrected chi connectivity index (χ2v) is 5.03. The number of H-pyrrole nitrogens is 1. The Hall–Kier alpha value is -1.32. The zero-order valence-electron chi connectivity index (χ0n) is 10.5. The number of nitrogens with one attached hydrogen (secondary N) is 1. The van der Waals surface area contributed by atoms with Crippen molar-refractivity contribution in [2.75, 3.05) is 0 Å². The Morgan fingerprint density at radius 1 is 1.41 bits per heavy atom. The van der Waals surface area contributed by atoms with Crippen molar-refractivity contribution < 1.29 is 9.90 Å². The molecule has 17 heavy (non-hydrogen) atoms. The van der Waals surface area contributed by atoms with Crippen LogP contribution in [0, 0.1) is 6.92 Å². The highest BCUT2D eigenvalue weighted by molar-refractivity contribution is 5.74. The van der Waals surface area contributed by atoms with E-state index in [4.69, 9.17) is 5.11 Å². The van der Waals surface area contributed by atoms with Crippen molar-refractivity contribution in [1.29, 1.82) is 0 Å². The second-order valence-electron chi connectivity index (χ2n) is 5.03. The Balaban J connectivity index is 2.20. The summed E-state index contributed by atoms with van der Waals surface area (Å²) in [6.07, 6.45) is 6.22. The van der Waals surface area contributed by atoms with Crippen LogP contribution < -0.4 is 0 Å². The fraction of sp³-hybridized carbons (Fsp3) is 0.692. The zero-order chi connectivity index (χ0) is 12.4. The van der Waals surface area contributed by atoms with Gasteiger partial charge in [0.2, 0.25) is 0 Å². The van der Waals surface area contributed by atoms with E-state index >= 15 is 0 Å². The molecule has 1 fully saturated rings. The van der Waals surface area contributed by atoms with Crippen molar-refractivity contribution in [2.24, 2.45) is 0 Å². The SMILES string of the molecule is Cc1[nH]c(C(C)C(=O)O)nc1C1CCCCC1. The summed E-state index contributed by atoms with van der Waals surface area (Å²) >= 11 is 0. The lowest BCUT2D eigenvalue weighted by molar-refractivity contribution is -0.138. The molecule has 2 N–H and O–H groups in total. The van der Waals surface area contributed by atoms with Gasteiger partial charge in [-0.25, -0.2) is 4.98 Å². The van der Waals surface area contributed by atoms with Gasteiger partial charge in [0.15, 0.2) is 0 Å². The van der Waals surface area contributed by atoms with E-state index in [2.05, 4.69) is 9.97 Å². The molecule has 1 aromatic heterocycles. The van der Waals surface area contributed by atoms with Crippen LogP contribution in [0.4, 0.5) is 0 Å². The maximum Gasteiger partial charge on any atom is 0.313 e. The van der Waals surface area contributed by atoms with E-state index in [1.54, 1.807) is 6.92 Å². The largest absolute Gasteiger partial charge is 0.481 e. The van der Waals surface area contributed by atoms with Gasteiger partial charge in [-0.3, -0.25) is 4.79 Å². The first kappa shape index (κ1) is 12.1. The summed E-state index contributed by atoms with van der Waals surface area (Å²) in [7, 11) is 0. The average molecular weight is 236 g/mol. The molecule has 4 heteroatoms. The molecule has 0 aliphatic heterocycles. The molecular weight excluding hydrogens is 216 g/mol. The molecule has 1 unspecified atom stereocenters. The number of aryl methyl sites for hydroxylation is 1. The molecule has 0 saturated heterocycles. The van der Waals surface area contributed by atoms with E-state index in [1.165, 1.54) is 32.1 Å². The molecule has 0 amide bonds. The van der Waals surface area contributed by atoms with E-state index in [0.717, 1.165) is 11.4 Å². The summed E-state index contributed by atoms with van der Waals surface area (Å²) in [5.41, 5.74) is 2.13. The van der Waals surface area contributed by atoms with Gasteiger partial charge >= 0.3 is 5.97 Å². The van der Waals surface area contributed by atoms with E-state index in [-0.39, 0.29) is 0 Å². The number of hydrogen-bond acceptors (Lipinski definition) is 2. The standard InChI is InChI=1S/C13H20N2O2/c1-8(13(16)17)12-14-9(2)11(15-12)10-6-4-3-5-7-10/h8,10H,3-7H2,1-2H3,(H,14,15)(H,16,17). The molecule has 0 radical (unpaired) electrons. The van der Waals surface area contributed by atoms with Gasteiger partial charge in [-0.15, -0.1) is 0 Å². The van der Waals surface area contributed by atoms with Gasteiger partial charge in [-0.05, 0) is 26.7 Å². The molecule has 0 spiro atoms. The summed E-state index contributed by atoms with van der Waals surface area (Å²) in [5, 5.41) is 8.99. The number of nitrogens with zero attached hydrogens (tertiary/aromatic N) is 1. The van der Waals surface area contributed by atoms with E-state index < -0.39 is 11.9 Å². The molecule has 94 valence electrons. The normalized spacial score (nSPS) is 19.2. The number of rotatable bonds is 3. The van der Waals surface area contributed by atoms with E-state index in [0.29, 0.717) is 11.7 Å². The van der Waals surface area contributed by atoms with Gasteiger partial charge in [0.25, 0.3) is 0 Å². The van der Waals surface area contributed by atoms with Gasteiger partial charge in [0.05, 0.1) is 5.69 Å². The summed E-state index contributed by atoms with van der Waals surface area (Å²) in [6.45, 7) is 3.67. The van der Waals surface area contributed by atoms with Crippen molar-refractivity contribution in [3.05, 3.63) is 17.2 Å². The number of carbonyl (C=O) groups is 1. The monoisotopic (exact) mass is 236 g/mol. The predicted octanol–water partition coefficient (Wildman–Crippen LogP) is 2.95. The molecule has 1 saturated carbocycles. The molecule has 0 aromatic carbocycles. The lowest BCUT2D eigenvalue weighted by atomic mass is 9.86. The van der Waals surface area contributed by atoms with E-state index in [1.807, 2.05) is 6.92 Å². The molecule has 1 aromatic rings. The number of aromatic nitrogens is 2. The van der Waals surface area contributed by atoms with Crippen LogP contribution in [0.3, 0.4) is 0 Å². The van der Waals surface area contributed by atoms with Crippen LogP contribution in [-0.4, -0.2) is 21.0 Å². The van der Waals surface area contributed by atoms with Crippen molar-refractivity contribution in [3.63, 3.8) is 0 Å². The summed E-state index contributed by atoms with van der Waals surface area (Å²) in [4.78, 5) is 18.6. The van der Waals surface area contributed by atoms with Crippen molar-refractivity contribution >= 4 is 5.97 Å². The fourth-order valence-electron chi connectivity index (χ4n) is 2.59. The number of aromatic amines is 1. The summed E-state index contributed by atoms with van der Waals surface area (Å²) < 4.78 is 0. The second kappa shape index (κ2) is 4.90. The number of imidazole rings is 1. The highest BCUT2D eigenvalue weighted by Crippen LogP contribution is 2.33. The van der Waals surface area contributed by atoms with Crippen LogP contribution in [0.1, 0.15) is 68.1 Å². The van der Waals surface area contributed by atoms with Gasteiger partial charge < -0.3 is 10.1 Å². The van der Waals surface area contributed by atoms with Crippen molar-refractivity contribution in [1.82, 2.24) is 9.97 Å². The van der Waals surface area contributed by atoms with E-state index in [9.17, 15) is 4.79 Å². The van der Waals surface area contributed by atoms with Crippen LogP contribution in [0.2, 0.25) is 0 Å². The van der Waals surface area contributed by atoms with Crippen LogP contribution >= 0.6 is 0 Å². The molecule has 1 aliphatic rings. The Morgan fingerprint density at radius 3 is 2.65 bits per heavy atom. The Labute approximate surface area is 101 Å². The third kappa shape index (κ3) is 2.51. The fourth-order valence-corrected chi connectivity index (χ4v) is 2.59. The highest BCUT2D eigenvalue weighted by Gasteiger charge is 2.24. The van der Waals surface area contributed by atoms with Gasteiger partial charge in [0, 0.05) is 11.6 Å². The minimum atomic E-state index is -0.825. The van der Waals surface area contributed by atoms with Crippen LogP contribution in [0.15, 0.2) is 0 Å². The Kier molecular flexibility index (Phi) is 3.50. The first-order valence-corrected chi connectivity index (χ1v) is 6.38. The Morgan fingerprint density at radius 2 is 2.06 bits per heavy atom. The number of carboxylic acid groups (broad SMARTS) is 1. The van der Waals surface area contributed by atoms with Crippen LogP contribution in [-0.2, 0) is 4.79 Å². The highest BCUT2D eigenvalue weighted by atomic mass is 16.4. The maximum absolute atomic E-state index is 10.9. The molecular formula is C13H20N2O2. The third-order valence-electron chi connectivity index (χ3n) is 3.71. The molecule has 1 aliphatic carbocycles. The van der Waals surface area contributed by atoms with Crippen LogP contribution in [0.5, 0.6) is 0 Å². The van der Waals surface area contributed by atoms with Crippen LogP contribution in [0.25, 0.3) is 0 Å². The van der Waals surface area contributed by atoms with Crippen molar-refractivity contribution in [2.45, 2.75) is 57.8 Å². The maximum atomic E-state index is 10.9. The number of aliphatic carboxylic acids is 1.